The molecule has 2 aliphatic rings. The minimum atomic E-state index is -0.369. The Labute approximate surface area is 213 Å². The summed E-state index contributed by atoms with van der Waals surface area (Å²) in [5.41, 5.74) is 3.60. The zero-order valence-corrected chi connectivity index (χ0v) is 21.0. The molecule has 2 saturated heterocycles. The maximum Gasteiger partial charge on any atom is 0.293 e. The van der Waals surface area contributed by atoms with E-state index < -0.39 is 0 Å². The van der Waals surface area contributed by atoms with Crippen molar-refractivity contribution in [3.8, 4) is 0 Å². The molecular formula is C28H28FN3O3S. The van der Waals surface area contributed by atoms with Gasteiger partial charge in [0.2, 0.25) is 5.91 Å². The molecule has 3 amide bonds. The molecule has 0 spiro atoms. The molecule has 0 unspecified atom stereocenters. The van der Waals surface area contributed by atoms with Crippen LogP contribution >= 0.6 is 11.8 Å². The van der Waals surface area contributed by atoms with Gasteiger partial charge in [-0.25, -0.2) is 4.39 Å². The van der Waals surface area contributed by atoms with Crippen molar-refractivity contribution in [3.63, 3.8) is 0 Å². The molecule has 0 radical (unpaired) electrons. The van der Waals surface area contributed by atoms with E-state index in [0.29, 0.717) is 10.5 Å². The number of aromatic nitrogens is 1. The quantitative estimate of drug-likeness (QED) is 0.410. The molecule has 3 aromatic rings. The second-order valence-corrected chi connectivity index (χ2v) is 10.2. The van der Waals surface area contributed by atoms with Gasteiger partial charge in [0.25, 0.3) is 11.1 Å². The van der Waals surface area contributed by atoms with Crippen molar-refractivity contribution in [1.29, 1.82) is 0 Å². The van der Waals surface area contributed by atoms with Gasteiger partial charge in [0.1, 0.15) is 12.4 Å². The molecule has 1 aromatic heterocycles. The van der Waals surface area contributed by atoms with Crippen molar-refractivity contribution in [2.45, 2.75) is 45.7 Å². The summed E-state index contributed by atoms with van der Waals surface area (Å²) >= 11 is 0.903. The topological polar surface area (TPSA) is 62.6 Å². The van der Waals surface area contributed by atoms with Crippen LogP contribution in [0.1, 0.15) is 42.9 Å². The normalized spacial score (nSPS) is 17.6. The molecule has 3 heterocycles. The summed E-state index contributed by atoms with van der Waals surface area (Å²) < 4.78 is 15.2. The summed E-state index contributed by atoms with van der Waals surface area (Å²) in [6, 6.07) is 11.8. The van der Waals surface area contributed by atoms with E-state index in [-0.39, 0.29) is 36.0 Å². The predicted molar refractivity (Wildman–Crippen MR) is 140 cm³/mol. The van der Waals surface area contributed by atoms with Crippen LogP contribution in [0, 0.1) is 5.82 Å². The van der Waals surface area contributed by atoms with Gasteiger partial charge in [-0.2, -0.15) is 0 Å². The zero-order chi connectivity index (χ0) is 25.2. The van der Waals surface area contributed by atoms with Crippen LogP contribution in [0.25, 0.3) is 17.0 Å². The van der Waals surface area contributed by atoms with Crippen LogP contribution in [0.2, 0.25) is 0 Å². The highest BCUT2D eigenvalue weighted by Crippen LogP contribution is 2.35. The molecule has 6 nitrogen and oxygen atoms in total. The minimum absolute atomic E-state index is 0.0916. The summed E-state index contributed by atoms with van der Waals surface area (Å²) in [5, 5.41) is 0.597. The monoisotopic (exact) mass is 505 g/mol. The number of thioether (sulfide) groups is 1. The largest absolute Gasteiger partial charge is 0.341 e. The third kappa shape index (κ3) is 4.82. The highest BCUT2D eigenvalue weighted by molar-refractivity contribution is 8.18. The number of hydrogen-bond donors (Lipinski definition) is 0. The first-order valence-electron chi connectivity index (χ1n) is 12.3. The fourth-order valence-corrected chi connectivity index (χ4v) is 5.76. The molecule has 0 bridgehead atoms. The number of rotatable bonds is 6. The highest BCUT2D eigenvalue weighted by atomic mass is 32.2. The van der Waals surface area contributed by atoms with E-state index in [2.05, 4.69) is 13.0 Å². The maximum atomic E-state index is 13.2. The number of benzene rings is 2. The average molecular weight is 506 g/mol. The van der Waals surface area contributed by atoms with Gasteiger partial charge in [-0.05, 0) is 66.8 Å². The van der Waals surface area contributed by atoms with E-state index >= 15 is 0 Å². The van der Waals surface area contributed by atoms with Crippen LogP contribution < -0.4 is 0 Å². The van der Waals surface area contributed by atoms with Gasteiger partial charge < -0.3 is 9.47 Å². The Hall–Kier alpha value is -3.39. The minimum Gasteiger partial charge on any atom is -0.341 e. The Bertz CT molecular complexity index is 1360. The van der Waals surface area contributed by atoms with Crippen LogP contribution in [0.3, 0.4) is 0 Å². The zero-order valence-electron chi connectivity index (χ0n) is 20.2. The molecule has 2 aromatic carbocycles. The molecule has 186 valence electrons. The van der Waals surface area contributed by atoms with Gasteiger partial charge in [0, 0.05) is 30.2 Å². The lowest BCUT2D eigenvalue weighted by Crippen LogP contribution is -2.37. The number of fused-ring (bicyclic) bond motifs is 1. The number of carbonyl (C=O) groups excluding carboxylic acids is 3. The number of likely N-dealkylation sites (tertiary alicyclic amines) is 1. The maximum absolute atomic E-state index is 13.2. The van der Waals surface area contributed by atoms with E-state index in [9.17, 15) is 18.8 Å². The third-order valence-corrected chi connectivity index (χ3v) is 7.73. The number of halogens is 1. The molecule has 0 aliphatic carbocycles. The fraction of sp³-hybridized carbons (Fsp3) is 0.321. The van der Waals surface area contributed by atoms with Gasteiger partial charge >= 0.3 is 0 Å². The molecule has 36 heavy (non-hydrogen) atoms. The molecule has 2 fully saturated rings. The molecule has 0 atom stereocenters. The summed E-state index contributed by atoms with van der Waals surface area (Å²) in [5.74, 6) is -0.635. The van der Waals surface area contributed by atoms with Crippen LogP contribution in [-0.4, -0.2) is 44.5 Å². The van der Waals surface area contributed by atoms with Gasteiger partial charge in [0.15, 0.2) is 0 Å². The van der Waals surface area contributed by atoms with E-state index in [1.807, 2.05) is 27.8 Å². The Morgan fingerprint density at radius 1 is 1.06 bits per heavy atom. The van der Waals surface area contributed by atoms with Crippen molar-refractivity contribution >= 4 is 45.8 Å². The number of amides is 3. The number of aryl methyl sites for hydroxylation is 1. The molecular weight excluding hydrogens is 477 g/mol. The summed E-state index contributed by atoms with van der Waals surface area (Å²) in [4.78, 5) is 42.3. The Morgan fingerprint density at radius 3 is 2.53 bits per heavy atom. The summed E-state index contributed by atoms with van der Waals surface area (Å²) in [7, 11) is 0. The number of hydrogen-bond acceptors (Lipinski definition) is 4. The fourth-order valence-electron chi connectivity index (χ4n) is 4.93. The van der Waals surface area contributed by atoms with Crippen molar-refractivity contribution in [2.75, 3.05) is 13.1 Å². The van der Waals surface area contributed by atoms with Gasteiger partial charge in [-0.1, -0.05) is 37.3 Å². The smallest absolute Gasteiger partial charge is 0.293 e. The summed E-state index contributed by atoms with van der Waals surface area (Å²) in [6.45, 7) is 4.01. The van der Waals surface area contributed by atoms with Gasteiger partial charge in [-0.3, -0.25) is 19.3 Å². The number of para-hydroxylation sites is 1. The molecule has 2 aliphatic heterocycles. The van der Waals surface area contributed by atoms with Crippen molar-refractivity contribution in [3.05, 3.63) is 76.1 Å². The number of nitrogens with zero attached hydrogens (tertiary/aromatic N) is 3. The Morgan fingerprint density at radius 2 is 1.81 bits per heavy atom. The molecule has 0 saturated carbocycles. The molecule has 5 rings (SSSR count). The van der Waals surface area contributed by atoms with E-state index in [1.54, 1.807) is 18.2 Å². The third-order valence-electron chi connectivity index (χ3n) is 6.82. The predicted octanol–water partition coefficient (Wildman–Crippen LogP) is 5.59. The van der Waals surface area contributed by atoms with Crippen molar-refractivity contribution < 1.29 is 18.8 Å². The molecule has 8 heteroatoms. The van der Waals surface area contributed by atoms with Crippen LogP contribution in [-0.2, 0) is 29.1 Å². The lowest BCUT2D eigenvalue weighted by atomic mass is 10.1. The second-order valence-electron chi connectivity index (χ2n) is 9.21. The first kappa shape index (κ1) is 24.3. The van der Waals surface area contributed by atoms with E-state index in [1.165, 1.54) is 17.0 Å². The molecule has 0 N–H and O–H groups in total. The van der Waals surface area contributed by atoms with Crippen molar-refractivity contribution in [2.24, 2.45) is 0 Å². The average Bonchev–Trinajstić information content (AvgIpc) is 3.37. The highest BCUT2D eigenvalue weighted by Gasteiger charge is 2.35. The standard InChI is InChI=1S/C28H28FN3O3S/c1-2-20-7-6-8-23-21(17-31(26(20)23)18-25(33)30-13-4-3-5-14-30)15-24-27(34)32(28(35)36-24)16-19-9-11-22(29)12-10-19/h6-12,15,17H,2-5,13-14,16,18H2,1H3/b24-15-. The lowest BCUT2D eigenvalue weighted by molar-refractivity contribution is -0.132. The Balaban J connectivity index is 1.45. The Kier molecular flexibility index (Phi) is 6.96. The van der Waals surface area contributed by atoms with Crippen LogP contribution in [0.15, 0.2) is 53.6 Å². The number of imide groups is 1. The first-order chi connectivity index (χ1) is 17.4. The van der Waals surface area contributed by atoms with E-state index in [0.717, 1.165) is 72.6 Å². The lowest BCUT2D eigenvalue weighted by Gasteiger charge is -2.27. The van der Waals surface area contributed by atoms with Crippen LogP contribution in [0.5, 0.6) is 0 Å². The number of piperidine rings is 1. The van der Waals surface area contributed by atoms with Gasteiger partial charge in [0.05, 0.1) is 17.0 Å². The van der Waals surface area contributed by atoms with Gasteiger partial charge in [-0.15, -0.1) is 0 Å². The van der Waals surface area contributed by atoms with Crippen molar-refractivity contribution in [1.82, 2.24) is 14.4 Å². The first-order valence-corrected chi connectivity index (χ1v) is 13.1. The van der Waals surface area contributed by atoms with Crippen LogP contribution in [0.4, 0.5) is 9.18 Å². The SMILES string of the molecule is CCc1cccc2c(/C=C3\SC(=O)N(Cc4ccc(F)cc4)C3=O)cn(CC(=O)N3CCCCC3)c12. The summed E-state index contributed by atoms with van der Waals surface area (Å²) in [6.07, 6.45) is 7.72. The second kappa shape index (κ2) is 10.3. The number of carbonyl (C=O) groups is 3. The van der Waals surface area contributed by atoms with E-state index in [4.69, 9.17) is 0 Å².